The molecule has 0 saturated carbocycles. The number of aldehydes is 1. The molecule has 0 spiro atoms. The van der Waals surface area contributed by atoms with Crippen molar-refractivity contribution in [2.75, 3.05) is 57.5 Å². The summed E-state index contributed by atoms with van der Waals surface area (Å²) in [4.78, 5) is 57.7. The molecule has 27 nitrogen and oxygen atoms in total. The fourth-order valence-electron chi connectivity index (χ4n) is 7.84. The molecule has 1 atom stereocenters. The van der Waals surface area contributed by atoms with Crippen molar-refractivity contribution in [3.63, 3.8) is 0 Å². The number of benzene rings is 3. The normalized spacial score (nSPS) is 11.2. The third kappa shape index (κ3) is 57.1. The number of nitrogens with one attached hydrogen (secondary N) is 2. The van der Waals surface area contributed by atoms with Gasteiger partial charge >= 0.3 is 74.2 Å². The number of halogens is 12. The number of aromatic nitrogens is 8. The van der Waals surface area contributed by atoms with E-state index >= 15 is 0 Å². The number of terminal acetylenes is 1. The van der Waals surface area contributed by atoms with E-state index in [9.17, 15) is 58.7 Å². The summed E-state index contributed by atoms with van der Waals surface area (Å²) in [6, 6.07) is 15.6. The van der Waals surface area contributed by atoms with Crippen molar-refractivity contribution in [3.8, 4) is 35.4 Å². The van der Waals surface area contributed by atoms with Crippen LogP contribution in [0.25, 0.3) is 45.1 Å². The zero-order valence-corrected chi connectivity index (χ0v) is 83.7. The summed E-state index contributed by atoms with van der Waals surface area (Å²) >= 11 is 11.5. The number of carbonyl (C=O) groups is 4. The molecule has 1 fully saturated rings. The topological polar surface area (TPSA) is 422 Å². The second-order valence-corrected chi connectivity index (χ2v) is 30.1. The van der Waals surface area contributed by atoms with Crippen LogP contribution in [-0.2, 0) is 84.2 Å². The number of carboxylic acids is 1. The number of esters is 2. The summed E-state index contributed by atoms with van der Waals surface area (Å²) in [7, 11) is 0. The van der Waals surface area contributed by atoms with Crippen LogP contribution in [0.3, 0.4) is 0 Å². The second-order valence-electron chi connectivity index (χ2n) is 27.0. The van der Waals surface area contributed by atoms with Crippen LogP contribution in [0, 0.1) is 37.0 Å². The van der Waals surface area contributed by atoms with E-state index in [-0.39, 0.29) is 157 Å². The van der Waals surface area contributed by atoms with E-state index in [1.54, 1.807) is 39.0 Å². The molecule has 0 bridgehead atoms. The molecule has 1 aliphatic rings. The monoisotopic (exact) mass is 2060 g/mol. The van der Waals surface area contributed by atoms with E-state index in [2.05, 4.69) is 148 Å². The fraction of sp³-hybridized carbons (Fsp3) is 0.494. The number of oxime groups is 1. The summed E-state index contributed by atoms with van der Waals surface area (Å²) in [5.41, 5.74) is 16.5. The van der Waals surface area contributed by atoms with E-state index in [1.165, 1.54) is 57.1 Å². The first-order valence-electron chi connectivity index (χ1n) is 38.0. The zero-order chi connectivity index (χ0) is 92.4. The molecule has 1 radical (unpaired) electrons. The number of aromatic carboxylic acids is 1. The van der Waals surface area contributed by atoms with Crippen molar-refractivity contribution in [2.24, 2.45) is 28.6 Å². The SMILES string of the molecule is C.C#CC(C)C.C1CCOC1.CC(C)C=C(Br)Br.CC(C)C=O.CC(C)c1cc(-c2nc3ccc(C(F)(F)F)cc3[nH]2)no1.CC(C)c1cc(C(=O)O)no1.CCN(CC)CC.CCOC(=O)/C(Cl)=N/O.CCOC(=O)c1cc(C(C)C)on1.C[C@H](N)c1cc(-c2nc3ccc(C(F)(F)F)cc3[nH]2)no1.Nc1ccc(C(F)(F)F)cc1N.[CH2-]CCC.[Li+].[Li+].[Nb].[OH-].[Zn]. The summed E-state index contributed by atoms with van der Waals surface area (Å²) < 4.78 is 147. The third-order valence-electron chi connectivity index (χ3n) is 14.6. The number of fused-ring (bicyclic) bond motifs is 2. The summed E-state index contributed by atoms with van der Waals surface area (Å²) in [6.45, 7) is 47.1. The average molecular weight is 2060 g/mol. The van der Waals surface area contributed by atoms with Crippen molar-refractivity contribution >= 4 is 106 Å². The number of nitrogen functional groups attached to an aromatic ring is 2. The van der Waals surface area contributed by atoms with Crippen LogP contribution < -0.4 is 54.9 Å². The quantitative estimate of drug-likeness (QED) is 0.00425. The van der Waals surface area contributed by atoms with Crippen LogP contribution >= 0.6 is 43.5 Å². The van der Waals surface area contributed by atoms with Gasteiger partial charge in [0.25, 0.3) is 5.17 Å². The number of ether oxygens (including phenoxy) is 3. The van der Waals surface area contributed by atoms with Gasteiger partial charge in [0.1, 0.15) is 35.0 Å². The van der Waals surface area contributed by atoms with Crippen molar-refractivity contribution in [3.05, 3.63) is 146 Å². The van der Waals surface area contributed by atoms with Crippen LogP contribution in [0.2, 0.25) is 0 Å². The number of alkyl halides is 9. The number of H-pyrrole nitrogens is 2. The third-order valence-corrected chi connectivity index (χ3v) is 15.4. The van der Waals surface area contributed by atoms with Crippen molar-refractivity contribution in [2.45, 2.75) is 207 Å². The van der Waals surface area contributed by atoms with Crippen LogP contribution in [-0.4, -0.2) is 137 Å². The molecular formula is C83H119Br2ClF9Li2N13NbO14Zn. The van der Waals surface area contributed by atoms with Crippen LogP contribution in [0.5, 0.6) is 0 Å². The van der Waals surface area contributed by atoms with Crippen LogP contribution in [0.15, 0.2) is 112 Å². The van der Waals surface area contributed by atoms with E-state index in [0.29, 0.717) is 81.1 Å². The van der Waals surface area contributed by atoms with Crippen LogP contribution in [0.4, 0.5) is 50.9 Å². The number of carbonyl (C=O) groups excluding carboxylic acids is 3. The van der Waals surface area contributed by atoms with Gasteiger partial charge in [0.15, 0.2) is 28.8 Å². The predicted octanol–water partition coefficient (Wildman–Crippen LogP) is 17.2. The number of allylic oxidation sites excluding steroid dienone is 1. The minimum atomic E-state index is -4.39. The molecular weight excluding hydrogens is 1940 g/mol. The van der Waals surface area contributed by atoms with Gasteiger partial charge in [-0.15, -0.1) is 12.3 Å². The van der Waals surface area contributed by atoms with Gasteiger partial charge in [0, 0.05) is 109 Å². The largest absolute Gasteiger partial charge is 1.00 e. The first kappa shape index (κ1) is 134. The van der Waals surface area contributed by atoms with Gasteiger partial charge < -0.3 is 91.9 Å². The molecule has 6 aromatic heterocycles. The number of imidazole rings is 2. The Bertz CT molecular complexity index is 4360. The zero-order valence-electron chi connectivity index (χ0n) is 74.6. The standard InChI is InChI=1S/C14H12F3N3O.C13H11F3N4O.C9H13NO3.C7H7F3N2.C7H9NO3.C6H15N.C5H8Br2.C5H8.C4H6ClNO3.2C4H8O.C4H9.CH4.2Li.Nb.H2O.Zn/c1-7(2)12-6-11(20-21-12)13-18-9-4-3-8(14(15,16)17)5-10(9)19-13;1-6(17)11-5-10(20-21-11)12-18-8-3-2-7(13(14,15)16)4-9(8)19-12;1-4-12-9(11)7-5-8(6(2)3)13-10-7;8-7(9,10)4-1-2-5(11)6(12)3-4;1-4(2)6-3-5(7(9)10)8-11-6;1-4-7(5-2)6-3;1-4(2)3-5(6)7;1-4-5(2)3;1-2-9-4(7)3(5)6-8;1-2-4-5-3-1;1-4(2)3-5;1-3-4-2;;;;;;/h3-7H,1-2H3,(H,18,19);2-6H,17H2,1H3,(H,18,19);5-6H,4H2,1-3H3;1-3H,11-12H2;3-4H,1-2H3,(H,9,10);4-6H2,1-3H3;3-4H,1-2H3;1,5H,2-3H3;8H,2H2,1H3;1-4H2;3-4H,1-2H3;1,3-4H2,2H3;1H4;;;;1H2;/q;;;;;;;;;;;-1;;2*+1;;;/p-1/b;;;;;;;;6-3-;;;;;;;;;/t;6-;;;;;;;;;;;;;;;;/m.0................/s1. The molecule has 693 valence electrons. The first-order chi connectivity index (χ1) is 56.0. The van der Waals surface area contributed by atoms with Gasteiger partial charge in [0.05, 0.1) is 72.8 Å². The minimum Gasteiger partial charge on any atom is -0.870 e. The first-order valence-corrected chi connectivity index (χ1v) is 39.9. The molecule has 10 rings (SSSR count). The Balaban J connectivity index is -0.000000208. The number of nitrogens with two attached hydrogens (primary N) is 3. The number of hydrogen-bond donors (Lipinski definition) is 7. The average Bonchev–Trinajstić information content (AvgIpc) is 1.65. The van der Waals surface area contributed by atoms with Gasteiger partial charge in [-0.2, -0.15) is 45.9 Å². The summed E-state index contributed by atoms with van der Waals surface area (Å²) in [6.07, 6.45) is -0.375. The summed E-state index contributed by atoms with van der Waals surface area (Å²) in [5, 5.41) is 32.9. The Labute approximate surface area is 806 Å². The number of hydrogen-bond acceptors (Lipinski definition) is 24. The molecule has 11 N–H and O–H groups in total. The van der Waals surface area contributed by atoms with E-state index < -0.39 is 58.3 Å². The maximum Gasteiger partial charge on any atom is 1.00 e. The number of rotatable bonds is 17. The van der Waals surface area contributed by atoms with E-state index in [1.807, 2.05) is 69.2 Å². The summed E-state index contributed by atoms with van der Waals surface area (Å²) in [5.74, 6) is 5.23. The maximum atomic E-state index is 12.7. The van der Waals surface area contributed by atoms with Crippen molar-refractivity contribution in [1.29, 1.82) is 0 Å². The van der Waals surface area contributed by atoms with Crippen molar-refractivity contribution in [1.82, 2.24) is 45.5 Å². The Morgan fingerprint density at radius 1 is 0.627 bits per heavy atom. The molecule has 43 heteroatoms. The molecule has 126 heavy (non-hydrogen) atoms. The second kappa shape index (κ2) is 71.7. The maximum absolute atomic E-state index is 12.7. The molecule has 0 aliphatic carbocycles. The van der Waals surface area contributed by atoms with Crippen LogP contribution in [0.1, 0.15) is 249 Å². The Morgan fingerprint density at radius 2 is 0.984 bits per heavy atom. The smallest absolute Gasteiger partial charge is 0.870 e. The minimum absolute atomic E-state index is 0. The molecule has 0 amide bonds. The van der Waals surface area contributed by atoms with Gasteiger partial charge in [-0.3, -0.25) is 0 Å². The number of unbranched alkanes of at least 4 members (excludes halogenated alkanes) is 1. The number of nitrogens with zero attached hydrogens (tertiary/aromatic N) is 8. The molecule has 0 unspecified atom stereocenters. The van der Waals surface area contributed by atoms with Gasteiger partial charge in [-0.1, -0.05) is 168 Å². The van der Waals surface area contributed by atoms with Gasteiger partial charge in [-0.25, -0.2) is 24.4 Å². The number of carboxylic acid groups (broad SMARTS) is 1. The van der Waals surface area contributed by atoms with E-state index in [4.69, 9.17) is 73.1 Å². The molecule has 9 aromatic rings. The predicted molar refractivity (Wildman–Crippen MR) is 464 cm³/mol. The molecule has 1 saturated heterocycles. The fourth-order valence-corrected chi connectivity index (χ4v) is 8.96. The Morgan fingerprint density at radius 3 is 1.24 bits per heavy atom. The number of aromatic amines is 2. The Hall–Kier alpha value is -7.09. The van der Waals surface area contributed by atoms with Gasteiger partial charge in [-0.05, 0) is 146 Å². The Kier molecular flexibility index (Phi) is 76.5. The molecule has 1 aliphatic heterocycles. The number of anilines is 2. The molecule has 7 heterocycles. The van der Waals surface area contributed by atoms with Crippen molar-refractivity contribution < 1.29 is 186 Å². The van der Waals surface area contributed by atoms with E-state index in [0.717, 1.165) is 71.8 Å². The molecule has 3 aromatic carbocycles. The van der Waals surface area contributed by atoms with Gasteiger partial charge in [0.2, 0.25) is 0 Å².